The number of ether oxygens (including phenoxy) is 2. The minimum atomic E-state index is -0.612. The van der Waals surface area contributed by atoms with Gasteiger partial charge in [0.25, 0.3) is 5.91 Å². The van der Waals surface area contributed by atoms with Gasteiger partial charge in [0.05, 0.1) is 11.1 Å². The van der Waals surface area contributed by atoms with Crippen LogP contribution in [0.15, 0.2) is 42.5 Å². The van der Waals surface area contributed by atoms with Crippen LogP contribution < -0.4 is 19.7 Å². The topological polar surface area (TPSA) is 67.9 Å². The van der Waals surface area contributed by atoms with Gasteiger partial charge in [-0.15, -0.1) is 0 Å². The zero-order valence-corrected chi connectivity index (χ0v) is 16.0. The van der Waals surface area contributed by atoms with Crippen LogP contribution >= 0.6 is 0 Å². The normalized spacial score (nSPS) is 15.4. The van der Waals surface area contributed by atoms with Crippen molar-refractivity contribution in [2.45, 2.75) is 20.8 Å². The van der Waals surface area contributed by atoms with E-state index in [-0.39, 0.29) is 18.4 Å². The fourth-order valence-corrected chi connectivity index (χ4v) is 2.84. The van der Waals surface area contributed by atoms with Gasteiger partial charge in [0, 0.05) is 12.7 Å². The van der Waals surface area contributed by atoms with Crippen LogP contribution in [0.4, 0.5) is 11.4 Å². The number of hydrogen-bond donors (Lipinski definition) is 1. The van der Waals surface area contributed by atoms with Crippen molar-refractivity contribution in [3.05, 3.63) is 48.0 Å². The monoisotopic (exact) mass is 368 g/mol. The van der Waals surface area contributed by atoms with Crippen LogP contribution in [0.25, 0.3) is 0 Å². The third-order valence-electron chi connectivity index (χ3n) is 4.47. The molecule has 1 aliphatic heterocycles. The Morgan fingerprint density at radius 2 is 1.93 bits per heavy atom. The molecule has 2 amide bonds. The predicted molar refractivity (Wildman–Crippen MR) is 104 cm³/mol. The molecule has 0 spiro atoms. The Bertz CT molecular complexity index is 859. The van der Waals surface area contributed by atoms with Gasteiger partial charge < -0.3 is 19.7 Å². The molecule has 1 N–H and O–H groups in total. The van der Waals surface area contributed by atoms with E-state index in [0.717, 1.165) is 5.56 Å². The summed E-state index contributed by atoms with van der Waals surface area (Å²) in [7, 11) is 1.71. The Balaban J connectivity index is 1.68. The van der Waals surface area contributed by atoms with Crippen molar-refractivity contribution in [2.24, 2.45) is 5.41 Å². The molecule has 0 atom stereocenters. The minimum Gasteiger partial charge on any atom is -0.490 e. The molecule has 2 aromatic rings. The van der Waals surface area contributed by atoms with Gasteiger partial charge in [0.15, 0.2) is 6.61 Å². The number of carbonyl (C=O) groups excluding carboxylic acids is 2. The number of rotatable bonds is 4. The molecule has 0 unspecified atom stereocenters. The maximum atomic E-state index is 12.6. The first kappa shape index (κ1) is 18.8. The Hall–Kier alpha value is -3.02. The lowest BCUT2D eigenvalue weighted by Gasteiger charge is -2.24. The maximum Gasteiger partial charge on any atom is 0.262 e. The first-order chi connectivity index (χ1) is 12.8. The van der Waals surface area contributed by atoms with Gasteiger partial charge in [-0.25, -0.2) is 0 Å². The standard InChI is InChI=1S/C21H24N2O4/c1-14-5-8-16(9-6-14)26-12-19(24)22-15-7-10-18-17(11-15)23(4)20(25)21(2,3)13-27-18/h5-11H,12-13H2,1-4H3,(H,22,24). The number of anilines is 2. The molecule has 6 nitrogen and oxygen atoms in total. The SMILES string of the molecule is Cc1ccc(OCC(=O)Nc2ccc3c(c2)N(C)C(=O)C(C)(C)CO3)cc1. The number of aryl methyl sites for hydroxylation is 1. The molecule has 0 fully saturated rings. The molecule has 0 saturated heterocycles. The Labute approximate surface area is 159 Å². The fraction of sp³-hybridized carbons (Fsp3) is 0.333. The maximum absolute atomic E-state index is 12.6. The molecule has 0 aromatic heterocycles. The first-order valence-corrected chi connectivity index (χ1v) is 8.80. The smallest absolute Gasteiger partial charge is 0.262 e. The van der Waals surface area contributed by atoms with Gasteiger partial charge in [0.2, 0.25) is 5.91 Å². The van der Waals surface area contributed by atoms with Crippen molar-refractivity contribution in [2.75, 3.05) is 30.5 Å². The van der Waals surface area contributed by atoms with Gasteiger partial charge in [-0.3, -0.25) is 9.59 Å². The van der Waals surface area contributed by atoms with E-state index in [1.165, 1.54) is 0 Å². The van der Waals surface area contributed by atoms with Gasteiger partial charge in [-0.05, 0) is 51.1 Å². The van der Waals surface area contributed by atoms with E-state index < -0.39 is 5.41 Å². The summed E-state index contributed by atoms with van der Waals surface area (Å²) in [6.07, 6.45) is 0. The average molecular weight is 368 g/mol. The largest absolute Gasteiger partial charge is 0.490 e. The number of carbonyl (C=O) groups is 2. The second kappa shape index (κ2) is 7.31. The van der Waals surface area contributed by atoms with Crippen LogP contribution in [0.5, 0.6) is 11.5 Å². The molecule has 27 heavy (non-hydrogen) atoms. The average Bonchev–Trinajstić information content (AvgIpc) is 2.72. The van der Waals surface area contributed by atoms with Crippen LogP contribution in [0.2, 0.25) is 0 Å². The zero-order valence-electron chi connectivity index (χ0n) is 16.0. The predicted octanol–water partition coefficient (Wildman–Crippen LogP) is 3.39. The van der Waals surface area contributed by atoms with Crippen LogP contribution in [0.1, 0.15) is 19.4 Å². The molecule has 0 saturated carbocycles. The summed E-state index contributed by atoms with van der Waals surface area (Å²) in [4.78, 5) is 26.3. The zero-order chi connectivity index (χ0) is 19.6. The van der Waals surface area contributed by atoms with Crippen molar-refractivity contribution in [3.8, 4) is 11.5 Å². The van der Waals surface area contributed by atoms with Crippen LogP contribution in [-0.2, 0) is 9.59 Å². The highest BCUT2D eigenvalue weighted by Gasteiger charge is 2.36. The molecule has 1 heterocycles. The molecular formula is C21H24N2O4. The summed E-state index contributed by atoms with van der Waals surface area (Å²) in [5.74, 6) is 0.941. The molecule has 0 aliphatic carbocycles. The van der Waals surface area contributed by atoms with E-state index in [1.807, 2.05) is 45.0 Å². The van der Waals surface area contributed by atoms with Gasteiger partial charge >= 0.3 is 0 Å². The number of benzene rings is 2. The van der Waals surface area contributed by atoms with E-state index >= 15 is 0 Å². The van der Waals surface area contributed by atoms with Gasteiger partial charge in [-0.1, -0.05) is 17.7 Å². The van der Waals surface area contributed by atoms with E-state index in [1.54, 1.807) is 30.1 Å². The lowest BCUT2D eigenvalue weighted by molar-refractivity contribution is -0.127. The summed E-state index contributed by atoms with van der Waals surface area (Å²) < 4.78 is 11.3. The fourth-order valence-electron chi connectivity index (χ4n) is 2.84. The minimum absolute atomic E-state index is 0.0348. The number of amides is 2. The van der Waals surface area contributed by atoms with E-state index in [9.17, 15) is 9.59 Å². The van der Waals surface area contributed by atoms with Crippen molar-refractivity contribution in [3.63, 3.8) is 0 Å². The van der Waals surface area contributed by atoms with Gasteiger partial charge in [0.1, 0.15) is 18.1 Å². The molecular weight excluding hydrogens is 344 g/mol. The van der Waals surface area contributed by atoms with E-state index in [4.69, 9.17) is 9.47 Å². The quantitative estimate of drug-likeness (QED) is 0.898. The highest BCUT2D eigenvalue weighted by Crippen LogP contribution is 2.37. The third kappa shape index (κ3) is 4.22. The number of nitrogens with zero attached hydrogens (tertiary/aromatic N) is 1. The second-order valence-corrected chi connectivity index (χ2v) is 7.37. The summed E-state index contributed by atoms with van der Waals surface area (Å²) in [5, 5.41) is 2.79. The van der Waals surface area contributed by atoms with E-state index in [0.29, 0.717) is 29.5 Å². The first-order valence-electron chi connectivity index (χ1n) is 8.80. The van der Waals surface area contributed by atoms with Crippen molar-refractivity contribution in [1.29, 1.82) is 0 Å². The van der Waals surface area contributed by atoms with Crippen molar-refractivity contribution < 1.29 is 19.1 Å². The summed E-state index contributed by atoms with van der Waals surface area (Å²) in [6, 6.07) is 12.7. The molecule has 6 heteroatoms. The highest BCUT2D eigenvalue weighted by molar-refractivity contribution is 6.00. The molecule has 0 bridgehead atoms. The molecule has 3 rings (SSSR count). The third-order valence-corrected chi connectivity index (χ3v) is 4.47. The summed E-state index contributed by atoms with van der Waals surface area (Å²) in [5.41, 5.74) is 1.72. The lowest BCUT2D eigenvalue weighted by atomic mass is 9.93. The summed E-state index contributed by atoms with van der Waals surface area (Å²) in [6.45, 7) is 5.89. The number of nitrogens with one attached hydrogen (secondary N) is 1. The number of hydrogen-bond acceptors (Lipinski definition) is 4. The van der Waals surface area contributed by atoms with Crippen molar-refractivity contribution >= 4 is 23.2 Å². The Kier molecular flexibility index (Phi) is 5.08. The van der Waals surface area contributed by atoms with E-state index in [2.05, 4.69) is 5.32 Å². The second-order valence-electron chi connectivity index (χ2n) is 7.37. The summed E-state index contributed by atoms with van der Waals surface area (Å²) >= 11 is 0. The van der Waals surface area contributed by atoms with Crippen LogP contribution in [-0.4, -0.2) is 32.1 Å². The van der Waals surface area contributed by atoms with Crippen LogP contribution in [0.3, 0.4) is 0 Å². The lowest BCUT2D eigenvalue weighted by Crippen LogP contribution is -2.39. The van der Waals surface area contributed by atoms with Gasteiger partial charge in [-0.2, -0.15) is 0 Å². The molecule has 2 aromatic carbocycles. The van der Waals surface area contributed by atoms with Crippen LogP contribution in [0, 0.1) is 12.3 Å². The van der Waals surface area contributed by atoms with Crippen molar-refractivity contribution in [1.82, 2.24) is 0 Å². The Morgan fingerprint density at radius 1 is 1.22 bits per heavy atom. The molecule has 142 valence electrons. The number of fused-ring (bicyclic) bond motifs is 1. The molecule has 1 aliphatic rings. The Morgan fingerprint density at radius 3 is 2.63 bits per heavy atom. The highest BCUT2D eigenvalue weighted by atomic mass is 16.5. The molecule has 0 radical (unpaired) electrons.